The van der Waals surface area contributed by atoms with Crippen molar-refractivity contribution in [3.63, 3.8) is 0 Å². The minimum Gasteiger partial charge on any atom is -0.451 e. The van der Waals surface area contributed by atoms with Crippen LogP contribution in [0.15, 0.2) is 62.6 Å². The lowest BCUT2D eigenvalue weighted by atomic mass is 10.0. The lowest BCUT2D eigenvalue weighted by Crippen LogP contribution is -2.39. The average Bonchev–Trinajstić information content (AvgIpc) is 2.73. The SMILES string of the molecule is Cc1ccc2c(=O)cc(C(=O)Nc3ccc(S(=O)(=O)N4CCC[C@@H](C)C4)cc3)oc2c1. The molecule has 1 fully saturated rings. The van der Waals surface area contributed by atoms with Crippen LogP contribution in [0.25, 0.3) is 11.0 Å². The molecule has 1 aromatic heterocycles. The first-order valence-electron chi connectivity index (χ1n) is 10.2. The summed E-state index contributed by atoms with van der Waals surface area (Å²) in [5.74, 6) is -0.356. The predicted molar refractivity (Wildman–Crippen MR) is 119 cm³/mol. The van der Waals surface area contributed by atoms with Gasteiger partial charge in [-0.25, -0.2) is 8.42 Å². The third-order valence-corrected chi connectivity index (χ3v) is 7.36. The van der Waals surface area contributed by atoms with E-state index in [1.54, 1.807) is 18.2 Å². The van der Waals surface area contributed by atoms with Gasteiger partial charge in [0.25, 0.3) is 5.91 Å². The molecule has 7 nitrogen and oxygen atoms in total. The van der Waals surface area contributed by atoms with Crippen LogP contribution >= 0.6 is 0 Å². The topological polar surface area (TPSA) is 96.7 Å². The highest BCUT2D eigenvalue weighted by atomic mass is 32.2. The van der Waals surface area contributed by atoms with Crippen molar-refractivity contribution in [2.45, 2.75) is 31.6 Å². The Bertz CT molecular complexity index is 1300. The largest absolute Gasteiger partial charge is 0.451 e. The number of amides is 1. The van der Waals surface area contributed by atoms with Crippen molar-refractivity contribution in [2.75, 3.05) is 18.4 Å². The number of nitrogens with one attached hydrogen (secondary N) is 1. The highest BCUT2D eigenvalue weighted by Crippen LogP contribution is 2.24. The fraction of sp³-hybridized carbons (Fsp3) is 0.304. The molecule has 0 saturated carbocycles. The van der Waals surface area contributed by atoms with Gasteiger partial charge in [0, 0.05) is 24.8 Å². The number of nitrogens with zero attached hydrogens (tertiary/aromatic N) is 1. The van der Waals surface area contributed by atoms with Crippen LogP contribution in [0, 0.1) is 12.8 Å². The molecule has 1 amide bonds. The molecular weight excluding hydrogens is 416 g/mol. The molecule has 31 heavy (non-hydrogen) atoms. The Morgan fingerprint density at radius 1 is 1.13 bits per heavy atom. The van der Waals surface area contributed by atoms with E-state index in [0.717, 1.165) is 24.5 Å². The summed E-state index contributed by atoms with van der Waals surface area (Å²) in [6.07, 6.45) is 1.88. The van der Waals surface area contributed by atoms with Gasteiger partial charge < -0.3 is 9.73 Å². The van der Waals surface area contributed by atoms with E-state index in [2.05, 4.69) is 5.32 Å². The first-order valence-corrected chi connectivity index (χ1v) is 11.6. The van der Waals surface area contributed by atoms with Gasteiger partial charge in [-0.1, -0.05) is 13.0 Å². The van der Waals surface area contributed by atoms with Crippen molar-refractivity contribution in [3.05, 3.63) is 70.1 Å². The van der Waals surface area contributed by atoms with Gasteiger partial charge in [0.1, 0.15) is 5.58 Å². The summed E-state index contributed by atoms with van der Waals surface area (Å²) in [7, 11) is -3.57. The summed E-state index contributed by atoms with van der Waals surface area (Å²) in [5.41, 5.74) is 1.36. The molecule has 2 aromatic carbocycles. The highest BCUT2D eigenvalue weighted by molar-refractivity contribution is 7.89. The maximum atomic E-state index is 12.9. The summed E-state index contributed by atoms with van der Waals surface area (Å²) in [5, 5.41) is 3.06. The van der Waals surface area contributed by atoms with Crippen LogP contribution in [0.5, 0.6) is 0 Å². The van der Waals surface area contributed by atoms with E-state index in [-0.39, 0.29) is 16.1 Å². The lowest BCUT2D eigenvalue weighted by molar-refractivity contribution is 0.0997. The van der Waals surface area contributed by atoms with E-state index in [1.807, 2.05) is 13.8 Å². The number of hydrogen-bond donors (Lipinski definition) is 1. The molecule has 0 aliphatic carbocycles. The molecule has 1 saturated heterocycles. The Morgan fingerprint density at radius 3 is 2.58 bits per heavy atom. The van der Waals surface area contributed by atoms with Crippen LogP contribution in [0.1, 0.15) is 35.9 Å². The number of carbonyl (C=O) groups excluding carboxylic acids is 1. The molecule has 0 spiro atoms. The van der Waals surface area contributed by atoms with Crippen LogP contribution in [0.3, 0.4) is 0 Å². The lowest BCUT2D eigenvalue weighted by Gasteiger charge is -2.30. The van der Waals surface area contributed by atoms with Crippen LogP contribution < -0.4 is 10.7 Å². The normalized spacial score (nSPS) is 17.5. The maximum absolute atomic E-state index is 12.9. The molecule has 2 heterocycles. The van der Waals surface area contributed by atoms with Crippen LogP contribution in [-0.2, 0) is 10.0 Å². The summed E-state index contributed by atoms with van der Waals surface area (Å²) in [6.45, 7) is 4.95. The molecule has 1 N–H and O–H groups in total. The molecule has 1 aliphatic rings. The highest BCUT2D eigenvalue weighted by Gasteiger charge is 2.28. The van der Waals surface area contributed by atoms with Crippen molar-refractivity contribution in [2.24, 2.45) is 5.92 Å². The van der Waals surface area contributed by atoms with E-state index in [0.29, 0.717) is 35.7 Å². The van der Waals surface area contributed by atoms with Crippen LogP contribution in [0.2, 0.25) is 0 Å². The van der Waals surface area contributed by atoms with Crippen LogP contribution in [-0.4, -0.2) is 31.7 Å². The van der Waals surface area contributed by atoms with E-state index in [9.17, 15) is 18.0 Å². The number of sulfonamides is 1. The Balaban J connectivity index is 1.53. The van der Waals surface area contributed by atoms with Crippen LogP contribution in [0.4, 0.5) is 5.69 Å². The summed E-state index contributed by atoms with van der Waals surface area (Å²) in [6, 6.07) is 12.3. The molecule has 162 valence electrons. The average molecular weight is 441 g/mol. The second kappa shape index (κ2) is 8.28. The second-order valence-corrected chi connectivity index (χ2v) is 10.0. The quantitative estimate of drug-likeness (QED) is 0.666. The van der Waals surface area contributed by atoms with Gasteiger partial charge in [0.2, 0.25) is 10.0 Å². The number of aryl methyl sites for hydroxylation is 1. The van der Waals surface area contributed by atoms with Gasteiger partial charge in [-0.2, -0.15) is 4.31 Å². The molecule has 0 bridgehead atoms. The number of rotatable bonds is 4. The number of piperidine rings is 1. The first kappa shape index (κ1) is 21.3. The molecule has 0 unspecified atom stereocenters. The minimum atomic E-state index is -3.57. The van der Waals surface area contributed by atoms with Gasteiger partial charge in [-0.15, -0.1) is 0 Å². The Hall–Kier alpha value is -2.97. The Labute approximate surface area is 180 Å². The number of anilines is 1. The third kappa shape index (κ3) is 4.40. The van der Waals surface area contributed by atoms with E-state index >= 15 is 0 Å². The summed E-state index contributed by atoms with van der Waals surface area (Å²) in [4.78, 5) is 25.1. The number of fused-ring (bicyclic) bond motifs is 1. The van der Waals surface area contributed by atoms with Crippen molar-refractivity contribution in [3.8, 4) is 0 Å². The Morgan fingerprint density at radius 2 is 1.87 bits per heavy atom. The van der Waals surface area contributed by atoms with Crippen molar-refractivity contribution < 1.29 is 17.6 Å². The van der Waals surface area contributed by atoms with E-state index in [4.69, 9.17) is 4.42 Å². The van der Waals surface area contributed by atoms with Crippen molar-refractivity contribution >= 4 is 32.6 Å². The fourth-order valence-corrected chi connectivity index (χ4v) is 5.39. The molecule has 1 aliphatic heterocycles. The number of carbonyl (C=O) groups is 1. The van der Waals surface area contributed by atoms with Gasteiger partial charge in [0.15, 0.2) is 11.2 Å². The number of benzene rings is 2. The van der Waals surface area contributed by atoms with E-state index in [1.165, 1.54) is 28.6 Å². The van der Waals surface area contributed by atoms with Gasteiger partial charge >= 0.3 is 0 Å². The molecule has 3 aromatic rings. The summed E-state index contributed by atoms with van der Waals surface area (Å²) >= 11 is 0. The smallest absolute Gasteiger partial charge is 0.291 e. The zero-order valence-corrected chi connectivity index (χ0v) is 18.2. The molecule has 1 atom stereocenters. The molecule has 4 rings (SSSR count). The van der Waals surface area contributed by atoms with E-state index < -0.39 is 15.9 Å². The third-order valence-electron chi connectivity index (χ3n) is 5.48. The predicted octanol–water partition coefficient (Wildman–Crippen LogP) is 3.77. The van der Waals surface area contributed by atoms with Crippen molar-refractivity contribution in [1.82, 2.24) is 4.31 Å². The maximum Gasteiger partial charge on any atom is 0.291 e. The second-order valence-electron chi connectivity index (χ2n) is 8.06. The van der Waals surface area contributed by atoms with Crippen molar-refractivity contribution in [1.29, 1.82) is 0 Å². The Kier molecular flexibility index (Phi) is 5.68. The fourth-order valence-electron chi connectivity index (χ4n) is 3.79. The molecule has 0 radical (unpaired) electrons. The first-order chi connectivity index (χ1) is 14.7. The molecule has 8 heteroatoms. The van der Waals surface area contributed by atoms with Gasteiger partial charge in [0.05, 0.1) is 10.3 Å². The minimum absolute atomic E-state index is 0.109. The standard InChI is InChI=1S/C23H24N2O5S/c1-15-5-10-19-20(26)13-22(30-21(19)12-15)23(27)24-17-6-8-18(9-7-17)31(28,29)25-11-3-4-16(2)14-25/h5-10,12-13,16H,3-4,11,14H2,1-2H3,(H,24,27)/t16-/m1/s1. The molecular formula is C23H24N2O5S. The monoisotopic (exact) mass is 440 g/mol. The van der Waals surface area contributed by atoms with Gasteiger partial charge in [-0.05, 0) is 67.6 Å². The zero-order valence-electron chi connectivity index (χ0n) is 17.4. The zero-order chi connectivity index (χ0) is 22.2. The summed E-state index contributed by atoms with van der Waals surface area (Å²) < 4.78 is 32.9. The van der Waals surface area contributed by atoms with Gasteiger partial charge in [-0.3, -0.25) is 9.59 Å². The number of hydrogen-bond acceptors (Lipinski definition) is 5.